The van der Waals surface area contributed by atoms with E-state index >= 15 is 0 Å². The number of hydrogen-bond donors (Lipinski definition) is 2. The van der Waals surface area contributed by atoms with E-state index in [1.54, 1.807) is 0 Å². The molecule has 1 aliphatic carbocycles. The van der Waals surface area contributed by atoms with Crippen LogP contribution in [0.15, 0.2) is 21.6 Å². The van der Waals surface area contributed by atoms with Crippen molar-refractivity contribution in [2.45, 2.75) is 18.9 Å². The molecule has 2 rings (SSSR count). The first-order valence-corrected chi connectivity index (χ1v) is 5.60. The van der Waals surface area contributed by atoms with Crippen LogP contribution in [0.2, 0.25) is 0 Å². The summed E-state index contributed by atoms with van der Waals surface area (Å²) in [5.41, 5.74) is 5.53. The summed E-state index contributed by atoms with van der Waals surface area (Å²) >= 11 is 2.89. The molecule has 86 valence electrons. The van der Waals surface area contributed by atoms with E-state index in [9.17, 15) is 8.78 Å². The molecule has 3 N–H and O–H groups in total. The Morgan fingerprint density at radius 2 is 2.06 bits per heavy atom. The van der Waals surface area contributed by atoms with Crippen molar-refractivity contribution >= 4 is 27.6 Å². The van der Waals surface area contributed by atoms with Gasteiger partial charge in [-0.25, -0.2) is 13.8 Å². The van der Waals surface area contributed by atoms with Gasteiger partial charge in [0, 0.05) is 6.07 Å². The predicted molar refractivity (Wildman–Crippen MR) is 62.3 cm³/mol. The number of anilines is 1. The fourth-order valence-electron chi connectivity index (χ4n) is 1.19. The predicted octanol–water partition coefficient (Wildman–Crippen LogP) is 2.62. The van der Waals surface area contributed by atoms with E-state index in [-0.39, 0.29) is 22.2 Å². The highest BCUT2D eigenvalue weighted by Gasteiger charge is 2.20. The van der Waals surface area contributed by atoms with E-state index in [0.717, 1.165) is 25.0 Å². The van der Waals surface area contributed by atoms with Crippen molar-refractivity contribution in [1.29, 1.82) is 0 Å². The van der Waals surface area contributed by atoms with Crippen molar-refractivity contribution in [1.82, 2.24) is 0 Å². The highest BCUT2D eigenvalue weighted by molar-refractivity contribution is 9.10. The molecular formula is C10H10BrF2N3. The Morgan fingerprint density at radius 3 is 2.69 bits per heavy atom. The number of nitrogens with two attached hydrogens (primary N) is 1. The van der Waals surface area contributed by atoms with Gasteiger partial charge in [-0.05, 0) is 34.8 Å². The monoisotopic (exact) mass is 289 g/mol. The highest BCUT2D eigenvalue weighted by Crippen LogP contribution is 2.25. The molecule has 0 heterocycles. The molecule has 1 aromatic carbocycles. The first-order valence-electron chi connectivity index (χ1n) is 4.81. The number of benzene rings is 1. The number of rotatable bonds is 2. The van der Waals surface area contributed by atoms with Crippen LogP contribution in [0.1, 0.15) is 12.8 Å². The molecule has 1 saturated carbocycles. The summed E-state index contributed by atoms with van der Waals surface area (Å²) in [5.74, 6) is -1.02. The quantitative estimate of drug-likeness (QED) is 0.500. The van der Waals surface area contributed by atoms with Crippen LogP contribution in [0.25, 0.3) is 0 Å². The maximum absolute atomic E-state index is 13.4. The standard InChI is InChI=1S/C10H10BrF2N3/c11-6-3-8(13)9(4-7(6)12)16-10(14)15-5-1-2-5/h3-5H,1-2H2,(H3,14,15,16). The molecule has 0 amide bonds. The molecule has 0 spiro atoms. The number of guanidine groups is 1. The van der Waals surface area contributed by atoms with Crippen molar-refractivity contribution in [2.75, 3.05) is 5.32 Å². The Kier molecular flexibility index (Phi) is 3.09. The molecule has 3 nitrogen and oxygen atoms in total. The lowest BCUT2D eigenvalue weighted by Crippen LogP contribution is -2.23. The highest BCUT2D eigenvalue weighted by atomic mass is 79.9. The van der Waals surface area contributed by atoms with Crippen LogP contribution >= 0.6 is 15.9 Å². The van der Waals surface area contributed by atoms with Crippen molar-refractivity contribution in [2.24, 2.45) is 10.7 Å². The van der Waals surface area contributed by atoms with Crippen LogP contribution in [0.5, 0.6) is 0 Å². The topological polar surface area (TPSA) is 50.4 Å². The Labute approximate surface area is 99.9 Å². The average Bonchev–Trinajstić information content (AvgIpc) is 2.98. The van der Waals surface area contributed by atoms with Gasteiger partial charge in [-0.15, -0.1) is 0 Å². The Bertz CT molecular complexity index is 444. The van der Waals surface area contributed by atoms with Gasteiger partial charge in [0.25, 0.3) is 0 Å². The van der Waals surface area contributed by atoms with Crippen LogP contribution in [0, 0.1) is 11.6 Å². The van der Waals surface area contributed by atoms with Crippen LogP contribution in [-0.2, 0) is 0 Å². The minimum atomic E-state index is -0.581. The first-order chi connectivity index (χ1) is 7.56. The largest absolute Gasteiger partial charge is 0.370 e. The zero-order valence-electron chi connectivity index (χ0n) is 8.30. The number of nitrogens with one attached hydrogen (secondary N) is 1. The van der Waals surface area contributed by atoms with Gasteiger partial charge in [-0.3, -0.25) is 0 Å². The normalized spacial score (nSPS) is 16.3. The number of hydrogen-bond acceptors (Lipinski definition) is 1. The smallest absolute Gasteiger partial charge is 0.193 e. The van der Waals surface area contributed by atoms with Crippen LogP contribution in [-0.4, -0.2) is 12.0 Å². The van der Waals surface area contributed by atoms with Gasteiger partial charge in [0.05, 0.1) is 16.2 Å². The third-order valence-electron chi connectivity index (χ3n) is 2.14. The van der Waals surface area contributed by atoms with E-state index in [2.05, 4.69) is 26.2 Å². The second-order valence-electron chi connectivity index (χ2n) is 3.62. The summed E-state index contributed by atoms with van der Waals surface area (Å²) in [6, 6.07) is 2.31. The molecular weight excluding hydrogens is 280 g/mol. The molecule has 0 atom stereocenters. The molecule has 0 bridgehead atoms. The van der Waals surface area contributed by atoms with Crippen molar-refractivity contribution in [3.05, 3.63) is 28.2 Å². The Morgan fingerprint density at radius 1 is 1.38 bits per heavy atom. The molecule has 16 heavy (non-hydrogen) atoms. The summed E-state index contributed by atoms with van der Waals surface area (Å²) in [7, 11) is 0. The van der Waals surface area contributed by atoms with E-state index in [4.69, 9.17) is 5.73 Å². The summed E-state index contributed by atoms with van der Waals surface area (Å²) in [4.78, 5) is 4.06. The lowest BCUT2D eigenvalue weighted by molar-refractivity contribution is 0.598. The van der Waals surface area contributed by atoms with Crippen molar-refractivity contribution in [3.8, 4) is 0 Å². The Hall–Kier alpha value is -1.17. The SMILES string of the molecule is NC(=NC1CC1)Nc1cc(F)c(Br)cc1F. The lowest BCUT2D eigenvalue weighted by atomic mass is 10.3. The van der Waals surface area contributed by atoms with Crippen molar-refractivity contribution in [3.63, 3.8) is 0 Å². The van der Waals surface area contributed by atoms with Gasteiger partial charge in [-0.2, -0.15) is 0 Å². The first kappa shape index (κ1) is 11.3. The second kappa shape index (κ2) is 4.37. The van der Waals surface area contributed by atoms with Crippen LogP contribution in [0.3, 0.4) is 0 Å². The second-order valence-corrected chi connectivity index (χ2v) is 4.47. The van der Waals surface area contributed by atoms with Crippen molar-refractivity contribution < 1.29 is 8.78 Å². The molecule has 0 saturated heterocycles. The average molecular weight is 290 g/mol. The summed E-state index contributed by atoms with van der Waals surface area (Å²) in [6.07, 6.45) is 2.00. The Balaban J connectivity index is 2.17. The van der Waals surface area contributed by atoms with Gasteiger partial charge in [-0.1, -0.05) is 0 Å². The molecule has 0 aromatic heterocycles. The zero-order valence-corrected chi connectivity index (χ0v) is 9.89. The van der Waals surface area contributed by atoms with Crippen LogP contribution < -0.4 is 11.1 Å². The minimum absolute atomic E-state index is 0.0115. The zero-order chi connectivity index (χ0) is 11.7. The third-order valence-corrected chi connectivity index (χ3v) is 2.75. The molecule has 1 aromatic rings. The van der Waals surface area contributed by atoms with Gasteiger partial charge >= 0.3 is 0 Å². The molecule has 1 fully saturated rings. The number of halogens is 3. The fourth-order valence-corrected chi connectivity index (χ4v) is 1.50. The van der Waals surface area contributed by atoms with E-state index in [0.29, 0.717) is 0 Å². The molecule has 1 aliphatic rings. The summed E-state index contributed by atoms with van der Waals surface area (Å²) in [5, 5.41) is 2.54. The maximum atomic E-state index is 13.4. The summed E-state index contributed by atoms with van der Waals surface area (Å²) < 4.78 is 26.6. The molecule has 0 radical (unpaired) electrons. The lowest BCUT2D eigenvalue weighted by Gasteiger charge is -2.07. The fraction of sp³-hybridized carbons (Fsp3) is 0.300. The minimum Gasteiger partial charge on any atom is -0.370 e. The van der Waals surface area contributed by atoms with Gasteiger partial charge in [0.15, 0.2) is 5.96 Å². The third kappa shape index (κ3) is 2.69. The van der Waals surface area contributed by atoms with E-state index in [1.165, 1.54) is 0 Å². The van der Waals surface area contributed by atoms with E-state index in [1.807, 2.05) is 0 Å². The van der Waals surface area contributed by atoms with Gasteiger partial charge in [0.2, 0.25) is 0 Å². The van der Waals surface area contributed by atoms with E-state index < -0.39 is 11.6 Å². The summed E-state index contributed by atoms with van der Waals surface area (Å²) in [6.45, 7) is 0. The molecule has 6 heteroatoms. The number of aliphatic imine (C=N–C) groups is 1. The molecule has 0 aliphatic heterocycles. The number of nitrogens with zero attached hydrogens (tertiary/aromatic N) is 1. The molecule has 0 unspecified atom stereocenters. The maximum Gasteiger partial charge on any atom is 0.193 e. The van der Waals surface area contributed by atoms with Gasteiger partial charge in [0.1, 0.15) is 11.6 Å². The van der Waals surface area contributed by atoms with Gasteiger partial charge < -0.3 is 11.1 Å². The van der Waals surface area contributed by atoms with Crippen LogP contribution in [0.4, 0.5) is 14.5 Å².